The van der Waals surface area contributed by atoms with Gasteiger partial charge in [0.25, 0.3) is 0 Å². The number of amides is 1. The third kappa shape index (κ3) is 3.43. The van der Waals surface area contributed by atoms with Crippen molar-refractivity contribution >= 4 is 46.0 Å². The second-order valence-electron chi connectivity index (χ2n) is 4.82. The summed E-state index contributed by atoms with van der Waals surface area (Å²) in [6.07, 6.45) is 0. The molecule has 0 spiro atoms. The van der Waals surface area contributed by atoms with Gasteiger partial charge in [0.2, 0.25) is 5.91 Å². The van der Waals surface area contributed by atoms with Crippen molar-refractivity contribution in [2.75, 3.05) is 5.32 Å². The van der Waals surface area contributed by atoms with Gasteiger partial charge in [-0.25, -0.2) is 4.98 Å². The van der Waals surface area contributed by atoms with Gasteiger partial charge in [0, 0.05) is 10.7 Å². The van der Waals surface area contributed by atoms with E-state index in [0.717, 1.165) is 21.9 Å². The number of carbonyl (C=O) groups excluding carboxylic acids is 1. The van der Waals surface area contributed by atoms with Crippen molar-refractivity contribution < 1.29 is 4.79 Å². The summed E-state index contributed by atoms with van der Waals surface area (Å²) in [5, 5.41) is 3.97. The summed E-state index contributed by atoms with van der Waals surface area (Å²) in [6, 6.07) is 14.8. The summed E-state index contributed by atoms with van der Waals surface area (Å²) in [6.45, 7) is 1.85. The normalized spacial score (nSPS) is 12.3. The van der Waals surface area contributed by atoms with Gasteiger partial charge in [-0.2, -0.15) is 0 Å². The van der Waals surface area contributed by atoms with E-state index in [0.29, 0.717) is 5.02 Å². The van der Waals surface area contributed by atoms with Gasteiger partial charge < -0.3 is 10.3 Å². The topological polar surface area (TPSA) is 57.8 Å². The van der Waals surface area contributed by atoms with Crippen molar-refractivity contribution in [2.24, 2.45) is 0 Å². The lowest BCUT2D eigenvalue weighted by molar-refractivity contribution is -0.115. The van der Waals surface area contributed by atoms with Crippen LogP contribution in [-0.2, 0) is 4.79 Å². The van der Waals surface area contributed by atoms with Crippen molar-refractivity contribution in [2.45, 2.75) is 17.3 Å². The van der Waals surface area contributed by atoms with Crippen LogP contribution in [0.1, 0.15) is 6.92 Å². The first-order valence-corrected chi connectivity index (χ1v) is 8.05. The van der Waals surface area contributed by atoms with E-state index in [-0.39, 0.29) is 11.2 Å². The minimum Gasteiger partial charge on any atom is -0.333 e. The number of thioether (sulfide) groups is 1. The molecule has 0 bridgehead atoms. The molecule has 1 amide bonds. The monoisotopic (exact) mass is 331 g/mol. The number of nitrogens with zero attached hydrogens (tertiary/aromatic N) is 1. The molecule has 3 aromatic rings. The average molecular weight is 332 g/mol. The Labute approximate surface area is 137 Å². The molecule has 0 aliphatic carbocycles. The summed E-state index contributed by atoms with van der Waals surface area (Å²) in [5.41, 5.74) is 2.59. The smallest absolute Gasteiger partial charge is 0.237 e. The first-order chi connectivity index (χ1) is 10.6. The molecule has 0 fully saturated rings. The predicted octanol–water partition coefficient (Wildman–Crippen LogP) is 4.34. The number of carbonyl (C=O) groups is 1. The van der Waals surface area contributed by atoms with Crippen LogP contribution in [0.4, 0.5) is 5.69 Å². The lowest BCUT2D eigenvalue weighted by atomic mass is 10.3. The molecule has 1 aromatic heterocycles. The molecule has 1 atom stereocenters. The highest BCUT2D eigenvalue weighted by molar-refractivity contribution is 8.00. The number of aromatic amines is 1. The lowest BCUT2D eigenvalue weighted by Crippen LogP contribution is -2.22. The molecule has 2 N–H and O–H groups in total. The number of halogens is 1. The highest BCUT2D eigenvalue weighted by Gasteiger charge is 2.16. The van der Waals surface area contributed by atoms with Gasteiger partial charge in [0.05, 0.1) is 16.3 Å². The molecule has 0 aliphatic rings. The number of para-hydroxylation sites is 2. The van der Waals surface area contributed by atoms with Crippen LogP contribution in [0.2, 0.25) is 5.02 Å². The van der Waals surface area contributed by atoms with Gasteiger partial charge in [-0.1, -0.05) is 35.5 Å². The van der Waals surface area contributed by atoms with Crippen LogP contribution in [0.5, 0.6) is 0 Å². The number of hydrogen-bond acceptors (Lipinski definition) is 3. The van der Waals surface area contributed by atoms with Gasteiger partial charge in [-0.15, -0.1) is 0 Å². The Morgan fingerprint density at radius 1 is 1.23 bits per heavy atom. The average Bonchev–Trinajstić information content (AvgIpc) is 2.91. The molecule has 2 aromatic carbocycles. The molecule has 0 aliphatic heterocycles. The van der Waals surface area contributed by atoms with E-state index < -0.39 is 0 Å². The van der Waals surface area contributed by atoms with Crippen LogP contribution in [0, 0.1) is 0 Å². The summed E-state index contributed by atoms with van der Waals surface area (Å²) in [7, 11) is 0. The van der Waals surface area contributed by atoms with Crippen LogP contribution in [0.25, 0.3) is 11.0 Å². The zero-order chi connectivity index (χ0) is 15.5. The molecule has 0 unspecified atom stereocenters. The maximum atomic E-state index is 12.2. The number of nitrogens with one attached hydrogen (secondary N) is 2. The van der Waals surface area contributed by atoms with Crippen LogP contribution < -0.4 is 5.32 Å². The van der Waals surface area contributed by atoms with Gasteiger partial charge in [0.1, 0.15) is 0 Å². The van der Waals surface area contributed by atoms with Gasteiger partial charge in [0.15, 0.2) is 5.16 Å². The number of imidazole rings is 1. The van der Waals surface area contributed by atoms with Crippen molar-refractivity contribution in [3.05, 3.63) is 53.6 Å². The second kappa shape index (κ2) is 6.42. The summed E-state index contributed by atoms with van der Waals surface area (Å²) in [4.78, 5) is 19.9. The fraction of sp³-hybridized carbons (Fsp3) is 0.125. The first-order valence-electron chi connectivity index (χ1n) is 6.79. The molecule has 4 nitrogen and oxygen atoms in total. The number of aromatic nitrogens is 2. The fourth-order valence-electron chi connectivity index (χ4n) is 1.98. The molecule has 1 heterocycles. The molecule has 0 radical (unpaired) electrons. The molecule has 3 rings (SSSR count). The van der Waals surface area contributed by atoms with Gasteiger partial charge >= 0.3 is 0 Å². The molecular weight excluding hydrogens is 318 g/mol. The minimum atomic E-state index is -0.267. The first kappa shape index (κ1) is 14.9. The van der Waals surface area contributed by atoms with E-state index in [1.54, 1.807) is 24.3 Å². The SMILES string of the molecule is C[C@H](Sc1nc2ccccc2[nH]1)C(=O)Nc1ccc(Cl)cc1. The Bertz CT molecular complexity index is 768. The number of hydrogen-bond donors (Lipinski definition) is 2. The Kier molecular flexibility index (Phi) is 4.36. The van der Waals surface area contributed by atoms with E-state index in [4.69, 9.17) is 11.6 Å². The molecule has 0 saturated carbocycles. The second-order valence-corrected chi connectivity index (χ2v) is 6.58. The molecular formula is C16H14ClN3OS. The zero-order valence-electron chi connectivity index (χ0n) is 11.8. The van der Waals surface area contributed by atoms with Crippen LogP contribution >= 0.6 is 23.4 Å². The summed E-state index contributed by atoms with van der Waals surface area (Å²) in [5.74, 6) is -0.0761. The van der Waals surface area contributed by atoms with Gasteiger partial charge in [-0.05, 0) is 43.3 Å². The summed E-state index contributed by atoms with van der Waals surface area (Å²) >= 11 is 7.22. The Hall–Kier alpha value is -1.98. The number of anilines is 1. The van der Waals surface area contributed by atoms with E-state index >= 15 is 0 Å². The maximum absolute atomic E-state index is 12.2. The number of H-pyrrole nitrogens is 1. The molecule has 22 heavy (non-hydrogen) atoms. The lowest BCUT2D eigenvalue weighted by Gasteiger charge is -2.10. The number of fused-ring (bicyclic) bond motifs is 1. The van der Waals surface area contributed by atoms with Crippen molar-refractivity contribution in [1.29, 1.82) is 0 Å². The van der Waals surface area contributed by atoms with Crippen LogP contribution in [0.3, 0.4) is 0 Å². The highest BCUT2D eigenvalue weighted by Crippen LogP contribution is 2.24. The van der Waals surface area contributed by atoms with Crippen molar-refractivity contribution in [1.82, 2.24) is 9.97 Å². The third-order valence-electron chi connectivity index (χ3n) is 3.14. The van der Waals surface area contributed by atoms with Crippen LogP contribution in [0.15, 0.2) is 53.7 Å². The van der Waals surface area contributed by atoms with E-state index in [2.05, 4.69) is 15.3 Å². The number of benzene rings is 2. The van der Waals surface area contributed by atoms with Gasteiger partial charge in [-0.3, -0.25) is 4.79 Å². The highest BCUT2D eigenvalue weighted by atomic mass is 35.5. The molecule has 112 valence electrons. The largest absolute Gasteiger partial charge is 0.333 e. The Morgan fingerprint density at radius 3 is 2.68 bits per heavy atom. The van der Waals surface area contributed by atoms with E-state index in [9.17, 15) is 4.79 Å². The fourth-order valence-corrected chi connectivity index (χ4v) is 2.93. The quantitative estimate of drug-likeness (QED) is 0.699. The number of rotatable bonds is 4. The van der Waals surface area contributed by atoms with E-state index in [1.165, 1.54) is 11.8 Å². The predicted molar refractivity (Wildman–Crippen MR) is 91.5 cm³/mol. The Balaban J connectivity index is 1.66. The molecule has 6 heteroatoms. The van der Waals surface area contributed by atoms with E-state index in [1.807, 2.05) is 31.2 Å². The summed E-state index contributed by atoms with van der Waals surface area (Å²) < 4.78 is 0. The molecule has 0 saturated heterocycles. The minimum absolute atomic E-state index is 0.0761. The standard InChI is InChI=1S/C16H14ClN3OS/c1-10(15(21)18-12-8-6-11(17)7-9-12)22-16-19-13-4-2-3-5-14(13)20-16/h2-10H,1H3,(H,18,21)(H,19,20)/t10-/m0/s1. The maximum Gasteiger partial charge on any atom is 0.237 e. The van der Waals surface area contributed by atoms with Crippen LogP contribution in [-0.4, -0.2) is 21.1 Å². The van der Waals surface area contributed by atoms with Crippen molar-refractivity contribution in [3.8, 4) is 0 Å². The van der Waals surface area contributed by atoms with Crippen molar-refractivity contribution in [3.63, 3.8) is 0 Å². The Morgan fingerprint density at radius 2 is 1.95 bits per heavy atom. The zero-order valence-corrected chi connectivity index (χ0v) is 13.4. The third-order valence-corrected chi connectivity index (χ3v) is 4.37.